The maximum atomic E-state index is 5.93. The maximum Gasteiger partial charge on any atom is 0.158 e. The van der Waals surface area contributed by atoms with Crippen molar-refractivity contribution in [3.8, 4) is 5.82 Å². The molecule has 0 saturated carbocycles. The van der Waals surface area contributed by atoms with Gasteiger partial charge in [-0.05, 0) is 25.5 Å². The van der Waals surface area contributed by atoms with Crippen LogP contribution in [0.1, 0.15) is 16.8 Å². The van der Waals surface area contributed by atoms with Crippen molar-refractivity contribution in [1.29, 1.82) is 0 Å². The van der Waals surface area contributed by atoms with Gasteiger partial charge in [-0.2, -0.15) is 5.10 Å². The molecule has 0 atom stereocenters. The number of pyridine rings is 1. The molecule has 0 N–H and O–H groups in total. The number of nitrogens with zero attached hydrogens (tertiary/aromatic N) is 3. The average Bonchev–Trinajstić information content (AvgIpc) is 2.63. The van der Waals surface area contributed by atoms with Gasteiger partial charge >= 0.3 is 0 Å². The molecule has 5 heteroatoms. The van der Waals surface area contributed by atoms with Gasteiger partial charge in [0.1, 0.15) is 0 Å². The molecule has 0 radical (unpaired) electrons. The van der Waals surface area contributed by atoms with Crippen molar-refractivity contribution in [2.75, 3.05) is 0 Å². The van der Waals surface area contributed by atoms with Crippen molar-refractivity contribution >= 4 is 23.2 Å². The van der Waals surface area contributed by atoms with Gasteiger partial charge in [0, 0.05) is 11.3 Å². The van der Waals surface area contributed by atoms with Crippen molar-refractivity contribution < 1.29 is 0 Å². The van der Waals surface area contributed by atoms with Crippen molar-refractivity contribution in [3.05, 3.63) is 40.3 Å². The van der Waals surface area contributed by atoms with Crippen molar-refractivity contribution in [2.45, 2.75) is 19.7 Å². The van der Waals surface area contributed by atoms with Gasteiger partial charge < -0.3 is 0 Å². The van der Waals surface area contributed by atoms with Crippen LogP contribution in [0.3, 0.4) is 0 Å². The normalized spacial score (nSPS) is 10.8. The zero-order valence-corrected chi connectivity index (χ0v) is 10.5. The van der Waals surface area contributed by atoms with Crippen molar-refractivity contribution in [2.24, 2.45) is 0 Å². The fourth-order valence-corrected chi connectivity index (χ4v) is 2.08. The van der Waals surface area contributed by atoms with E-state index in [9.17, 15) is 0 Å². The minimum atomic E-state index is 0.409. The van der Waals surface area contributed by atoms with E-state index in [1.54, 1.807) is 17.1 Å². The number of hydrogen-bond donors (Lipinski definition) is 0. The van der Waals surface area contributed by atoms with Crippen LogP contribution in [-0.4, -0.2) is 14.8 Å². The van der Waals surface area contributed by atoms with Gasteiger partial charge in [-0.3, -0.25) is 0 Å². The molecule has 2 aromatic heterocycles. The van der Waals surface area contributed by atoms with Gasteiger partial charge in [0.25, 0.3) is 0 Å². The fourth-order valence-electron chi connectivity index (χ4n) is 1.61. The highest BCUT2D eigenvalue weighted by Gasteiger charge is 2.10. The molecular formula is C11H11Cl2N3. The fraction of sp³-hybridized carbons (Fsp3) is 0.273. The third-order valence-electron chi connectivity index (χ3n) is 2.36. The third-order valence-corrected chi connectivity index (χ3v) is 2.82. The first-order valence-corrected chi connectivity index (χ1v) is 5.76. The van der Waals surface area contributed by atoms with E-state index >= 15 is 0 Å². The Bertz CT molecular complexity index is 520. The van der Waals surface area contributed by atoms with Crippen LogP contribution in [-0.2, 0) is 5.88 Å². The first-order valence-electron chi connectivity index (χ1n) is 4.85. The summed E-state index contributed by atoms with van der Waals surface area (Å²) in [4.78, 5) is 4.45. The summed E-state index contributed by atoms with van der Waals surface area (Å²) in [5, 5.41) is 4.73. The molecule has 2 aromatic rings. The van der Waals surface area contributed by atoms with Gasteiger partial charge in [-0.1, -0.05) is 11.6 Å². The number of aryl methyl sites for hydroxylation is 2. The van der Waals surface area contributed by atoms with Crippen LogP contribution in [0.15, 0.2) is 18.5 Å². The lowest BCUT2D eigenvalue weighted by molar-refractivity contribution is 0.826. The third kappa shape index (κ3) is 2.06. The highest BCUT2D eigenvalue weighted by Crippen LogP contribution is 2.20. The molecule has 0 aromatic carbocycles. The SMILES string of the molecule is Cc1cc(C)c(CCl)c(-n2cc(Cl)cn2)n1. The first-order chi connectivity index (χ1) is 7.61. The molecule has 2 heterocycles. The Balaban J connectivity index is 2.63. The number of hydrogen-bond acceptors (Lipinski definition) is 2. The molecule has 0 aliphatic heterocycles. The summed E-state index contributed by atoms with van der Waals surface area (Å²) in [5.41, 5.74) is 3.03. The smallest absolute Gasteiger partial charge is 0.158 e. The molecule has 0 aliphatic rings. The summed E-state index contributed by atoms with van der Waals surface area (Å²) >= 11 is 11.8. The van der Waals surface area contributed by atoms with Crippen LogP contribution in [0.5, 0.6) is 0 Å². The highest BCUT2D eigenvalue weighted by molar-refractivity contribution is 6.30. The van der Waals surface area contributed by atoms with Crippen LogP contribution in [0, 0.1) is 13.8 Å². The molecule has 2 rings (SSSR count). The lowest BCUT2D eigenvalue weighted by Gasteiger charge is -2.10. The predicted molar refractivity (Wildman–Crippen MR) is 65.4 cm³/mol. The molecule has 0 saturated heterocycles. The zero-order valence-electron chi connectivity index (χ0n) is 9.04. The zero-order chi connectivity index (χ0) is 11.7. The monoisotopic (exact) mass is 255 g/mol. The van der Waals surface area contributed by atoms with Gasteiger partial charge in [-0.25, -0.2) is 9.67 Å². The summed E-state index contributed by atoms with van der Waals surface area (Å²) in [6, 6.07) is 2.01. The van der Waals surface area contributed by atoms with Crippen molar-refractivity contribution in [1.82, 2.24) is 14.8 Å². The summed E-state index contributed by atoms with van der Waals surface area (Å²) in [6.45, 7) is 3.96. The Kier molecular flexibility index (Phi) is 3.17. The highest BCUT2D eigenvalue weighted by atomic mass is 35.5. The topological polar surface area (TPSA) is 30.7 Å². The van der Waals surface area contributed by atoms with Crippen LogP contribution < -0.4 is 0 Å². The number of halogens is 2. The molecule has 16 heavy (non-hydrogen) atoms. The van der Waals surface area contributed by atoms with E-state index in [0.717, 1.165) is 22.6 Å². The molecule has 0 bridgehead atoms. The van der Waals surface area contributed by atoms with E-state index in [0.29, 0.717) is 10.9 Å². The van der Waals surface area contributed by atoms with Gasteiger partial charge in [0.15, 0.2) is 5.82 Å². The molecule has 0 spiro atoms. The van der Waals surface area contributed by atoms with E-state index < -0.39 is 0 Å². The molecular weight excluding hydrogens is 245 g/mol. The van der Waals surface area contributed by atoms with Crippen LogP contribution in [0.2, 0.25) is 5.02 Å². The van der Waals surface area contributed by atoms with Crippen LogP contribution in [0.4, 0.5) is 0 Å². The Morgan fingerprint density at radius 1 is 1.38 bits per heavy atom. The first kappa shape index (κ1) is 11.4. The average molecular weight is 256 g/mol. The molecule has 0 amide bonds. The lowest BCUT2D eigenvalue weighted by atomic mass is 10.1. The van der Waals surface area contributed by atoms with Gasteiger partial charge in [-0.15, -0.1) is 11.6 Å². The predicted octanol–water partition coefficient (Wildman–Crippen LogP) is 3.28. The summed E-state index contributed by atoms with van der Waals surface area (Å²) < 4.78 is 1.65. The standard InChI is InChI=1S/C11H11Cl2N3/c1-7-3-8(2)15-11(10(7)4-12)16-6-9(13)5-14-16/h3,5-6H,4H2,1-2H3. The molecule has 3 nitrogen and oxygen atoms in total. The second kappa shape index (κ2) is 4.44. The Morgan fingerprint density at radius 3 is 2.69 bits per heavy atom. The largest absolute Gasteiger partial charge is 0.234 e. The molecule has 0 aliphatic carbocycles. The summed E-state index contributed by atoms with van der Waals surface area (Å²) in [5.74, 6) is 1.16. The molecule has 0 fully saturated rings. The number of alkyl halides is 1. The van der Waals surface area contributed by atoms with Crippen LogP contribution in [0.25, 0.3) is 5.82 Å². The minimum Gasteiger partial charge on any atom is -0.234 e. The second-order valence-electron chi connectivity index (χ2n) is 3.62. The second-order valence-corrected chi connectivity index (χ2v) is 4.32. The quantitative estimate of drug-likeness (QED) is 0.772. The van der Waals surface area contributed by atoms with E-state index in [2.05, 4.69) is 10.1 Å². The Morgan fingerprint density at radius 2 is 2.12 bits per heavy atom. The number of rotatable bonds is 2. The van der Waals surface area contributed by atoms with Crippen LogP contribution >= 0.6 is 23.2 Å². The molecule has 84 valence electrons. The summed E-state index contributed by atoms with van der Waals surface area (Å²) in [7, 11) is 0. The van der Waals surface area contributed by atoms with E-state index in [1.807, 2.05) is 19.9 Å². The van der Waals surface area contributed by atoms with E-state index in [1.165, 1.54) is 0 Å². The molecule has 0 unspecified atom stereocenters. The Labute approximate surface area is 104 Å². The summed E-state index contributed by atoms with van der Waals surface area (Å²) in [6.07, 6.45) is 3.30. The van der Waals surface area contributed by atoms with E-state index in [4.69, 9.17) is 23.2 Å². The van der Waals surface area contributed by atoms with Crippen molar-refractivity contribution in [3.63, 3.8) is 0 Å². The number of aromatic nitrogens is 3. The lowest BCUT2D eigenvalue weighted by Crippen LogP contribution is -2.05. The van der Waals surface area contributed by atoms with Gasteiger partial charge in [0.2, 0.25) is 0 Å². The minimum absolute atomic E-state index is 0.409. The maximum absolute atomic E-state index is 5.93. The Hall–Kier alpha value is -1.06. The van der Waals surface area contributed by atoms with E-state index in [-0.39, 0.29) is 0 Å². The van der Waals surface area contributed by atoms with Gasteiger partial charge in [0.05, 0.1) is 23.3 Å².